The highest BCUT2D eigenvalue weighted by Gasteiger charge is 2.28. The molecule has 2 aromatic rings. The van der Waals surface area contributed by atoms with E-state index in [1.807, 2.05) is 36.7 Å². The highest BCUT2D eigenvalue weighted by molar-refractivity contribution is 5.92. The molecule has 1 saturated heterocycles. The molecule has 0 spiro atoms. The molecule has 6 heteroatoms. The molecule has 6 nitrogen and oxygen atoms in total. The first-order valence-electron chi connectivity index (χ1n) is 8.78. The van der Waals surface area contributed by atoms with Crippen LogP contribution in [-0.4, -0.2) is 39.1 Å². The third-order valence-corrected chi connectivity index (χ3v) is 5.02. The normalized spacial score (nSPS) is 18.3. The zero-order chi connectivity index (χ0) is 18.0. The van der Waals surface area contributed by atoms with Crippen LogP contribution < -0.4 is 5.32 Å². The van der Waals surface area contributed by atoms with Crippen molar-refractivity contribution in [2.24, 2.45) is 7.05 Å². The van der Waals surface area contributed by atoms with Crippen LogP contribution in [0, 0.1) is 6.92 Å². The molecule has 1 amide bonds. The van der Waals surface area contributed by atoms with Crippen molar-refractivity contribution in [2.75, 3.05) is 13.6 Å². The Hall–Kier alpha value is -2.34. The van der Waals surface area contributed by atoms with Crippen LogP contribution in [0.2, 0.25) is 0 Å². The third-order valence-electron chi connectivity index (χ3n) is 5.02. The number of carbonyl (C=O) groups is 1. The second-order valence-corrected chi connectivity index (χ2v) is 6.68. The van der Waals surface area contributed by atoms with E-state index in [2.05, 4.69) is 15.2 Å². The number of hydrogen-bond donors (Lipinski definition) is 2. The average Bonchev–Trinajstić information content (AvgIpc) is 2.99. The van der Waals surface area contributed by atoms with Gasteiger partial charge in [-0.2, -0.15) is 0 Å². The molecular formula is C19H26N4O2. The first-order valence-corrected chi connectivity index (χ1v) is 8.78. The number of aromatic hydroxyl groups is 1. The lowest BCUT2D eigenvalue weighted by molar-refractivity contribution is 0.0952. The lowest BCUT2D eigenvalue weighted by Crippen LogP contribution is -2.34. The number of rotatable bonds is 4. The minimum Gasteiger partial charge on any atom is -0.506 e. The Kier molecular flexibility index (Phi) is 5.08. The maximum absolute atomic E-state index is 12.0. The van der Waals surface area contributed by atoms with Gasteiger partial charge in [-0.15, -0.1) is 0 Å². The van der Waals surface area contributed by atoms with E-state index >= 15 is 0 Å². The van der Waals surface area contributed by atoms with Gasteiger partial charge in [-0.3, -0.25) is 14.7 Å². The van der Waals surface area contributed by atoms with Gasteiger partial charge in [0.15, 0.2) is 0 Å². The van der Waals surface area contributed by atoms with Gasteiger partial charge in [0.2, 0.25) is 0 Å². The van der Waals surface area contributed by atoms with Crippen molar-refractivity contribution < 1.29 is 9.90 Å². The highest BCUT2D eigenvalue weighted by Crippen LogP contribution is 2.33. The van der Waals surface area contributed by atoms with Gasteiger partial charge in [0, 0.05) is 32.0 Å². The van der Waals surface area contributed by atoms with Crippen LogP contribution in [0.15, 0.2) is 24.3 Å². The minimum absolute atomic E-state index is 0.0749. The fourth-order valence-electron chi connectivity index (χ4n) is 3.64. The van der Waals surface area contributed by atoms with Gasteiger partial charge in [0.25, 0.3) is 5.91 Å². The largest absolute Gasteiger partial charge is 0.506 e. The number of likely N-dealkylation sites (tertiary alicyclic amines) is 1. The van der Waals surface area contributed by atoms with Crippen molar-refractivity contribution in [2.45, 2.75) is 38.8 Å². The molecule has 1 fully saturated rings. The van der Waals surface area contributed by atoms with E-state index in [1.165, 1.54) is 0 Å². The molecule has 0 bridgehead atoms. The number of amides is 1. The first-order chi connectivity index (χ1) is 12.0. The number of pyridine rings is 1. The summed E-state index contributed by atoms with van der Waals surface area (Å²) in [5.74, 6) is 0.168. The van der Waals surface area contributed by atoms with Crippen molar-refractivity contribution in [1.29, 1.82) is 0 Å². The molecular weight excluding hydrogens is 316 g/mol. The van der Waals surface area contributed by atoms with Crippen LogP contribution in [0.25, 0.3) is 0 Å². The van der Waals surface area contributed by atoms with E-state index in [0.717, 1.165) is 37.2 Å². The molecule has 0 aromatic carbocycles. The van der Waals surface area contributed by atoms with Crippen molar-refractivity contribution >= 4 is 5.91 Å². The topological polar surface area (TPSA) is 70.4 Å². The number of aromatic nitrogens is 2. The number of nitrogens with one attached hydrogen (secondary N) is 1. The summed E-state index contributed by atoms with van der Waals surface area (Å²) in [5.41, 5.74) is 3.42. The number of piperidine rings is 1. The summed E-state index contributed by atoms with van der Waals surface area (Å²) in [4.78, 5) is 18.9. The summed E-state index contributed by atoms with van der Waals surface area (Å²) in [7, 11) is 3.59. The monoisotopic (exact) mass is 342 g/mol. The molecule has 1 atom stereocenters. The van der Waals surface area contributed by atoms with Crippen LogP contribution in [-0.2, 0) is 13.6 Å². The fourth-order valence-corrected chi connectivity index (χ4v) is 3.64. The summed E-state index contributed by atoms with van der Waals surface area (Å²) in [6, 6.07) is 7.67. The van der Waals surface area contributed by atoms with Gasteiger partial charge in [-0.05, 0) is 50.6 Å². The second-order valence-electron chi connectivity index (χ2n) is 6.68. The lowest BCUT2D eigenvalue weighted by atomic mass is 9.99. The van der Waals surface area contributed by atoms with Crippen LogP contribution in [0.3, 0.4) is 0 Å². The van der Waals surface area contributed by atoms with Gasteiger partial charge in [-0.1, -0.05) is 6.42 Å². The fraction of sp³-hybridized carbons (Fsp3) is 0.474. The third kappa shape index (κ3) is 3.54. The maximum atomic E-state index is 12.0. The lowest BCUT2D eigenvalue weighted by Gasteiger charge is -2.36. The SMILES string of the molecule is CNC(=O)c1ccc(C2CCCCN2Cc2nc(C)ccc2O)n1C. The number of carbonyl (C=O) groups excluding carboxylic acids is 1. The van der Waals surface area contributed by atoms with Gasteiger partial charge in [0.1, 0.15) is 11.4 Å². The van der Waals surface area contributed by atoms with Crippen LogP contribution in [0.4, 0.5) is 0 Å². The molecule has 3 heterocycles. The molecule has 1 unspecified atom stereocenters. The molecule has 0 radical (unpaired) electrons. The van der Waals surface area contributed by atoms with Crippen LogP contribution in [0.1, 0.15) is 52.9 Å². The Labute approximate surface area is 148 Å². The van der Waals surface area contributed by atoms with Crippen LogP contribution in [0.5, 0.6) is 5.75 Å². The Morgan fingerprint density at radius 2 is 2.12 bits per heavy atom. The molecule has 1 aliphatic rings. The molecule has 1 aliphatic heterocycles. The second kappa shape index (κ2) is 7.27. The molecule has 134 valence electrons. The van der Waals surface area contributed by atoms with E-state index in [-0.39, 0.29) is 17.7 Å². The Balaban J connectivity index is 1.88. The van der Waals surface area contributed by atoms with Crippen molar-refractivity contribution in [3.63, 3.8) is 0 Å². The van der Waals surface area contributed by atoms with Crippen molar-refractivity contribution in [3.8, 4) is 5.75 Å². The Morgan fingerprint density at radius 1 is 1.32 bits per heavy atom. The zero-order valence-electron chi connectivity index (χ0n) is 15.1. The molecule has 2 N–H and O–H groups in total. The molecule has 25 heavy (non-hydrogen) atoms. The summed E-state index contributed by atoms with van der Waals surface area (Å²) < 4.78 is 1.98. The van der Waals surface area contributed by atoms with Crippen LogP contribution >= 0.6 is 0 Å². The Bertz CT molecular complexity index is 769. The maximum Gasteiger partial charge on any atom is 0.267 e. The van der Waals surface area contributed by atoms with E-state index in [1.54, 1.807) is 13.1 Å². The first kappa shape index (κ1) is 17.5. The summed E-state index contributed by atoms with van der Waals surface area (Å²) in [5, 5.41) is 12.8. The summed E-state index contributed by atoms with van der Waals surface area (Å²) in [6.07, 6.45) is 3.34. The highest BCUT2D eigenvalue weighted by atomic mass is 16.3. The predicted octanol–water partition coefficient (Wildman–Crippen LogP) is 2.52. The smallest absolute Gasteiger partial charge is 0.267 e. The summed E-state index contributed by atoms with van der Waals surface area (Å²) >= 11 is 0. The standard InChI is InChI=1S/C19H26N4O2/c1-13-7-10-18(24)14(21-13)12-23-11-5-4-6-16(23)15-8-9-17(22(15)3)19(25)20-2/h7-10,16,24H,4-6,11-12H2,1-3H3,(H,20,25). The van der Waals surface area contributed by atoms with Gasteiger partial charge in [0.05, 0.1) is 11.7 Å². The molecule has 0 saturated carbocycles. The minimum atomic E-state index is -0.0749. The van der Waals surface area contributed by atoms with E-state index in [4.69, 9.17) is 0 Å². The molecule has 2 aromatic heterocycles. The quantitative estimate of drug-likeness (QED) is 0.896. The van der Waals surface area contributed by atoms with Gasteiger partial charge < -0.3 is 15.0 Å². The Morgan fingerprint density at radius 3 is 2.88 bits per heavy atom. The number of hydrogen-bond acceptors (Lipinski definition) is 4. The van der Waals surface area contributed by atoms with E-state index in [9.17, 15) is 9.90 Å². The zero-order valence-corrected chi connectivity index (χ0v) is 15.1. The van der Waals surface area contributed by atoms with Crippen molar-refractivity contribution in [1.82, 2.24) is 19.8 Å². The van der Waals surface area contributed by atoms with Gasteiger partial charge in [-0.25, -0.2) is 0 Å². The number of nitrogens with zero attached hydrogens (tertiary/aromatic N) is 3. The number of aryl methyl sites for hydroxylation is 1. The van der Waals surface area contributed by atoms with E-state index < -0.39 is 0 Å². The van der Waals surface area contributed by atoms with Crippen molar-refractivity contribution in [3.05, 3.63) is 47.0 Å². The average molecular weight is 342 g/mol. The predicted molar refractivity (Wildman–Crippen MR) is 96.4 cm³/mol. The summed E-state index contributed by atoms with van der Waals surface area (Å²) in [6.45, 7) is 3.50. The molecule has 3 rings (SSSR count). The molecule has 0 aliphatic carbocycles. The van der Waals surface area contributed by atoms with E-state index in [0.29, 0.717) is 17.9 Å². The van der Waals surface area contributed by atoms with Gasteiger partial charge >= 0.3 is 0 Å².